The van der Waals surface area contributed by atoms with Gasteiger partial charge in [0.05, 0.1) is 18.9 Å². The molecular weight excluding hydrogens is 338 g/mol. The van der Waals surface area contributed by atoms with Gasteiger partial charge in [-0.05, 0) is 29.0 Å². The van der Waals surface area contributed by atoms with E-state index in [0.29, 0.717) is 11.3 Å². The van der Waals surface area contributed by atoms with Gasteiger partial charge in [-0.1, -0.05) is 42.5 Å². The number of nitrogens with zero attached hydrogens (tertiary/aromatic N) is 2. The molecule has 0 unspecified atom stereocenters. The third kappa shape index (κ3) is 3.15. The van der Waals surface area contributed by atoms with Gasteiger partial charge in [0.25, 0.3) is 5.91 Å². The molecule has 1 aromatic heterocycles. The maximum absolute atomic E-state index is 12.6. The van der Waals surface area contributed by atoms with Gasteiger partial charge in [-0.25, -0.2) is 5.43 Å². The minimum absolute atomic E-state index is 0.311. The van der Waals surface area contributed by atoms with Gasteiger partial charge in [-0.3, -0.25) is 4.79 Å². The summed E-state index contributed by atoms with van der Waals surface area (Å²) >= 11 is 0. The van der Waals surface area contributed by atoms with Crippen molar-refractivity contribution in [3.8, 4) is 5.75 Å². The Morgan fingerprint density at radius 3 is 2.56 bits per heavy atom. The summed E-state index contributed by atoms with van der Waals surface area (Å²) in [4.78, 5) is 12.6. The molecule has 0 spiro atoms. The molecule has 0 fully saturated rings. The summed E-state index contributed by atoms with van der Waals surface area (Å²) in [7, 11) is 3.54. The normalized spacial score (nSPS) is 11.3. The molecule has 4 rings (SSSR count). The van der Waals surface area contributed by atoms with Crippen LogP contribution < -0.4 is 10.2 Å². The number of methoxy groups -OCH3 is 1. The smallest absolute Gasteiger partial charge is 0.275 e. The predicted molar refractivity (Wildman–Crippen MR) is 108 cm³/mol. The third-order valence-corrected chi connectivity index (χ3v) is 4.61. The second kappa shape index (κ2) is 6.96. The van der Waals surface area contributed by atoms with Gasteiger partial charge < -0.3 is 9.30 Å². The lowest BCUT2D eigenvalue weighted by molar-refractivity contribution is 0.0952. The molecule has 1 N–H and O–H groups in total. The van der Waals surface area contributed by atoms with E-state index in [1.165, 1.54) is 0 Å². The van der Waals surface area contributed by atoms with Crippen LogP contribution in [0.25, 0.3) is 21.7 Å². The first-order chi connectivity index (χ1) is 13.2. The Kier molecular flexibility index (Phi) is 4.34. The van der Waals surface area contributed by atoms with Crippen LogP contribution in [0.3, 0.4) is 0 Å². The Morgan fingerprint density at radius 2 is 1.78 bits per heavy atom. The first-order valence-corrected chi connectivity index (χ1v) is 8.61. The highest BCUT2D eigenvalue weighted by Crippen LogP contribution is 2.26. The quantitative estimate of drug-likeness (QED) is 0.441. The lowest BCUT2D eigenvalue weighted by Crippen LogP contribution is -2.18. The minimum atomic E-state index is -0.311. The lowest BCUT2D eigenvalue weighted by Gasteiger charge is -2.09. The van der Waals surface area contributed by atoms with Gasteiger partial charge >= 0.3 is 0 Å². The van der Waals surface area contributed by atoms with Gasteiger partial charge in [0, 0.05) is 29.7 Å². The molecule has 1 amide bonds. The summed E-state index contributed by atoms with van der Waals surface area (Å²) in [6.07, 6.45) is 3.64. The van der Waals surface area contributed by atoms with E-state index in [4.69, 9.17) is 4.74 Å². The van der Waals surface area contributed by atoms with Crippen LogP contribution in [0.4, 0.5) is 0 Å². The highest BCUT2D eigenvalue weighted by Gasteiger charge is 2.13. The Hall–Kier alpha value is -3.60. The maximum atomic E-state index is 12.6. The number of hydrogen-bond donors (Lipinski definition) is 1. The maximum Gasteiger partial charge on any atom is 0.275 e. The van der Waals surface area contributed by atoms with Crippen molar-refractivity contribution in [1.82, 2.24) is 9.99 Å². The second-order valence-electron chi connectivity index (χ2n) is 6.31. The number of aryl methyl sites for hydroxylation is 1. The molecule has 27 heavy (non-hydrogen) atoms. The number of para-hydroxylation sites is 1. The Balaban J connectivity index is 1.60. The lowest BCUT2D eigenvalue weighted by atomic mass is 10.1. The number of amides is 1. The van der Waals surface area contributed by atoms with E-state index in [2.05, 4.69) is 10.5 Å². The van der Waals surface area contributed by atoms with E-state index >= 15 is 0 Å². The summed E-state index contributed by atoms with van der Waals surface area (Å²) < 4.78 is 7.42. The van der Waals surface area contributed by atoms with Crippen molar-refractivity contribution in [3.63, 3.8) is 0 Å². The molecule has 5 heteroatoms. The Labute approximate surface area is 156 Å². The second-order valence-corrected chi connectivity index (χ2v) is 6.31. The fourth-order valence-electron chi connectivity index (χ4n) is 3.26. The zero-order valence-corrected chi connectivity index (χ0v) is 15.1. The van der Waals surface area contributed by atoms with E-state index < -0.39 is 0 Å². The molecule has 0 bridgehead atoms. The standard InChI is InChI=1S/C22H19N3O2/c1-25-14-17(18-9-5-6-10-20(18)25)13-23-24-22(26)19-11-15-7-3-4-8-16(15)12-21(19)27-2/h3-14H,1-2H3,(H,24,26)/b23-13-. The van der Waals surface area contributed by atoms with Crippen molar-refractivity contribution < 1.29 is 9.53 Å². The summed E-state index contributed by atoms with van der Waals surface area (Å²) in [5.74, 6) is 0.209. The van der Waals surface area contributed by atoms with Crippen LogP contribution >= 0.6 is 0 Å². The number of benzene rings is 3. The monoisotopic (exact) mass is 357 g/mol. The first-order valence-electron chi connectivity index (χ1n) is 8.61. The molecule has 4 aromatic rings. The average Bonchev–Trinajstić information content (AvgIpc) is 3.03. The zero-order chi connectivity index (χ0) is 18.8. The number of rotatable bonds is 4. The molecule has 0 saturated carbocycles. The largest absolute Gasteiger partial charge is 0.496 e. The van der Waals surface area contributed by atoms with Crippen LogP contribution in [0, 0.1) is 0 Å². The highest BCUT2D eigenvalue weighted by atomic mass is 16.5. The summed E-state index contributed by atoms with van der Waals surface area (Å²) in [5.41, 5.74) is 5.11. The number of ether oxygens (including phenoxy) is 1. The molecule has 134 valence electrons. The summed E-state index contributed by atoms with van der Waals surface area (Å²) in [5, 5.41) is 7.22. The van der Waals surface area contributed by atoms with Crippen molar-refractivity contribution in [3.05, 3.63) is 78.0 Å². The predicted octanol–water partition coefficient (Wildman–Crippen LogP) is 4.10. The van der Waals surface area contributed by atoms with Gasteiger partial charge in [-0.15, -0.1) is 0 Å². The fourth-order valence-corrected chi connectivity index (χ4v) is 3.26. The van der Waals surface area contributed by atoms with Gasteiger partial charge in [0.2, 0.25) is 0 Å². The van der Waals surface area contributed by atoms with E-state index in [1.807, 2.05) is 78.5 Å². The van der Waals surface area contributed by atoms with Gasteiger partial charge in [0.1, 0.15) is 5.75 Å². The molecule has 1 heterocycles. The van der Waals surface area contributed by atoms with E-state index in [1.54, 1.807) is 13.3 Å². The van der Waals surface area contributed by atoms with Crippen LogP contribution in [-0.4, -0.2) is 23.8 Å². The van der Waals surface area contributed by atoms with Crippen LogP contribution in [0.15, 0.2) is 72.0 Å². The molecule has 5 nitrogen and oxygen atoms in total. The zero-order valence-electron chi connectivity index (χ0n) is 15.1. The molecule has 0 radical (unpaired) electrons. The molecule has 0 aliphatic carbocycles. The highest BCUT2D eigenvalue weighted by molar-refractivity contribution is 6.03. The number of carbonyl (C=O) groups excluding carboxylic acids is 1. The third-order valence-electron chi connectivity index (χ3n) is 4.61. The Bertz CT molecular complexity index is 1170. The SMILES string of the molecule is COc1cc2ccccc2cc1C(=O)N/N=C\c1cn(C)c2ccccc12. The topological polar surface area (TPSA) is 55.6 Å². The fraction of sp³-hybridized carbons (Fsp3) is 0.0909. The van der Waals surface area contributed by atoms with Crippen molar-refractivity contribution in [2.24, 2.45) is 12.1 Å². The average molecular weight is 357 g/mol. The molecule has 3 aromatic carbocycles. The number of nitrogens with one attached hydrogen (secondary N) is 1. The molecule has 0 atom stereocenters. The minimum Gasteiger partial charge on any atom is -0.496 e. The van der Waals surface area contributed by atoms with Crippen LogP contribution in [-0.2, 0) is 7.05 Å². The van der Waals surface area contributed by atoms with Crippen molar-refractivity contribution in [2.45, 2.75) is 0 Å². The number of hydrazone groups is 1. The van der Waals surface area contributed by atoms with Gasteiger partial charge in [-0.2, -0.15) is 5.10 Å². The first kappa shape index (κ1) is 16.8. The number of fused-ring (bicyclic) bond motifs is 2. The van der Waals surface area contributed by atoms with E-state index in [0.717, 1.165) is 27.2 Å². The van der Waals surface area contributed by atoms with Crippen molar-refractivity contribution in [2.75, 3.05) is 7.11 Å². The molecule has 0 saturated heterocycles. The van der Waals surface area contributed by atoms with E-state index in [-0.39, 0.29) is 5.91 Å². The molecular formula is C22H19N3O2. The van der Waals surface area contributed by atoms with Crippen LogP contribution in [0.5, 0.6) is 5.75 Å². The summed E-state index contributed by atoms with van der Waals surface area (Å²) in [6, 6.07) is 19.6. The van der Waals surface area contributed by atoms with E-state index in [9.17, 15) is 4.79 Å². The number of aromatic nitrogens is 1. The summed E-state index contributed by atoms with van der Waals surface area (Å²) in [6.45, 7) is 0. The van der Waals surface area contributed by atoms with Crippen LogP contribution in [0.2, 0.25) is 0 Å². The van der Waals surface area contributed by atoms with Crippen molar-refractivity contribution in [1.29, 1.82) is 0 Å². The van der Waals surface area contributed by atoms with Crippen molar-refractivity contribution >= 4 is 33.8 Å². The Morgan fingerprint density at radius 1 is 1.07 bits per heavy atom. The van der Waals surface area contributed by atoms with Crippen LogP contribution in [0.1, 0.15) is 15.9 Å². The number of carbonyl (C=O) groups is 1. The molecule has 0 aliphatic rings. The number of hydrogen-bond acceptors (Lipinski definition) is 3. The molecule has 0 aliphatic heterocycles. The van der Waals surface area contributed by atoms with Gasteiger partial charge in [0.15, 0.2) is 0 Å².